The average molecular weight is 338 g/mol. The van der Waals surface area contributed by atoms with E-state index < -0.39 is 0 Å². The molecule has 25 heavy (non-hydrogen) atoms. The van der Waals surface area contributed by atoms with Crippen LogP contribution in [0.3, 0.4) is 0 Å². The summed E-state index contributed by atoms with van der Waals surface area (Å²) in [6.45, 7) is 7.18. The molecule has 128 valence electrons. The van der Waals surface area contributed by atoms with E-state index in [2.05, 4.69) is 21.5 Å². The minimum Gasteiger partial charge on any atom is -0.471 e. The van der Waals surface area contributed by atoms with Crippen LogP contribution in [-0.4, -0.2) is 14.5 Å². The molecule has 1 aromatic carbocycles. The minimum atomic E-state index is -0.289. The monoisotopic (exact) mass is 338 g/mol. The molecule has 0 bridgehead atoms. The highest BCUT2D eigenvalue weighted by molar-refractivity contribution is 5.85. The summed E-state index contributed by atoms with van der Waals surface area (Å²) in [5.74, 6) is 0.178. The molecule has 0 atom stereocenters. The van der Waals surface area contributed by atoms with Gasteiger partial charge in [-0.05, 0) is 43.5 Å². The number of aryl methyl sites for hydroxylation is 2. The summed E-state index contributed by atoms with van der Waals surface area (Å²) in [7, 11) is 0. The highest BCUT2D eigenvalue weighted by Crippen LogP contribution is 2.30. The number of benzene rings is 1. The predicted octanol–water partition coefficient (Wildman–Crippen LogP) is 4.05. The molecule has 0 amide bonds. The highest BCUT2D eigenvalue weighted by Gasteiger charge is 2.19. The first kappa shape index (κ1) is 16.9. The van der Waals surface area contributed by atoms with Crippen molar-refractivity contribution in [1.82, 2.24) is 14.5 Å². The van der Waals surface area contributed by atoms with Crippen molar-refractivity contribution in [3.05, 3.63) is 52.7 Å². The highest BCUT2D eigenvalue weighted by atomic mass is 19.1. The smallest absolute Gasteiger partial charge is 0.243 e. The molecule has 0 saturated carbocycles. The molecule has 5 nitrogen and oxygen atoms in total. The second-order valence-electron chi connectivity index (χ2n) is 5.94. The Bertz CT molecular complexity index is 954. The Morgan fingerprint density at radius 1 is 1.20 bits per heavy atom. The van der Waals surface area contributed by atoms with E-state index in [1.54, 1.807) is 12.1 Å². The second-order valence-corrected chi connectivity index (χ2v) is 5.94. The Morgan fingerprint density at radius 3 is 2.56 bits per heavy atom. The lowest BCUT2D eigenvalue weighted by atomic mass is 10.2. The van der Waals surface area contributed by atoms with Crippen molar-refractivity contribution >= 4 is 11.0 Å². The van der Waals surface area contributed by atoms with Crippen molar-refractivity contribution < 1.29 is 9.13 Å². The van der Waals surface area contributed by atoms with Gasteiger partial charge in [-0.15, -0.1) is 0 Å². The quantitative estimate of drug-likeness (QED) is 0.704. The third-order valence-corrected chi connectivity index (χ3v) is 4.26. The van der Waals surface area contributed by atoms with Gasteiger partial charge >= 0.3 is 0 Å². The van der Waals surface area contributed by atoms with E-state index in [1.165, 1.54) is 12.1 Å². The number of ether oxygens (including phenoxy) is 1. The summed E-state index contributed by atoms with van der Waals surface area (Å²) in [6, 6.07) is 8.11. The largest absolute Gasteiger partial charge is 0.471 e. The van der Waals surface area contributed by atoms with E-state index in [0.29, 0.717) is 5.88 Å². The van der Waals surface area contributed by atoms with E-state index >= 15 is 0 Å². The third kappa shape index (κ3) is 3.18. The molecule has 0 aliphatic rings. The lowest BCUT2D eigenvalue weighted by Gasteiger charge is -2.11. The Balaban J connectivity index is 2.07. The summed E-state index contributed by atoms with van der Waals surface area (Å²) in [4.78, 5) is 8.62. The summed E-state index contributed by atoms with van der Waals surface area (Å²) >= 11 is 0. The Morgan fingerprint density at radius 2 is 1.92 bits per heavy atom. The van der Waals surface area contributed by atoms with Gasteiger partial charge in [0, 0.05) is 12.2 Å². The number of rotatable bonds is 5. The molecule has 0 saturated heterocycles. The van der Waals surface area contributed by atoms with Crippen molar-refractivity contribution in [2.24, 2.45) is 0 Å². The van der Waals surface area contributed by atoms with Gasteiger partial charge in [0.25, 0.3) is 0 Å². The number of hydrogen-bond acceptors (Lipinski definition) is 4. The molecular formula is C19H19FN4O. The molecule has 0 N–H and O–H groups in total. The van der Waals surface area contributed by atoms with Crippen molar-refractivity contribution in [2.45, 2.75) is 40.3 Å². The van der Waals surface area contributed by atoms with Crippen molar-refractivity contribution in [2.75, 3.05) is 0 Å². The van der Waals surface area contributed by atoms with Crippen LogP contribution in [0.4, 0.5) is 4.39 Å². The normalized spacial score (nSPS) is 10.8. The fourth-order valence-electron chi connectivity index (χ4n) is 2.87. The molecule has 0 radical (unpaired) electrons. The van der Waals surface area contributed by atoms with Gasteiger partial charge in [0.1, 0.15) is 29.5 Å². The Kier molecular flexibility index (Phi) is 4.66. The molecule has 0 unspecified atom stereocenters. The molecule has 0 spiro atoms. The zero-order chi connectivity index (χ0) is 18.0. The van der Waals surface area contributed by atoms with Gasteiger partial charge in [-0.2, -0.15) is 10.2 Å². The van der Waals surface area contributed by atoms with Crippen LogP contribution in [0.1, 0.15) is 36.0 Å². The van der Waals surface area contributed by atoms with E-state index in [0.717, 1.165) is 40.8 Å². The third-order valence-electron chi connectivity index (χ3n) is 4.26. The molecule has 3 rings (SSSR count). The van der Waals surface area contributed by atoms with Crippen LogP contribution in [0, 0.1) is 31.0 Å². The Labute approximate surface area is 145 Å². The van der Waals surface area contributed by atoms with Crippen LogP contribution in [0.5, 0.6) is 5.88 Å². The number of hydrogen-bond donors (Lipinski definition) is 0. The predicted molar refractivity (Wildman–Crippen MR) is 92.7 cm³/mol. The summed E-state index contributed by atoms with van der Waals surface area (Å²) in [6.07, 6.45) is 0.960. The minimum absolute atomic E-state index is 0.0818. The van der Waals surface area contributed by atoms with E-state index in [-0.39, 0.29) is 18.2 Å². The van der Waals surface area contributed by atoms with Crippen molar-refractivity contribution in [3.8, 4) is 11.9 Å². The standard InChI is InChI=1S/C19H19FN4O/c1-4-9-24-13(3)12(2)17-18(24)19(23-16(10-21)22-17)25-11-14-5-7-15(20)8-6-14/h5-8H,4,9,11H2,1-3H3. The zero-order valence-corrected chi connectivity index (χ0v) is 14.5. The van der Waals surface area contributed by atoms with Crippen molar-refractivity contribution in [3.63, 3.8) is 0 Å². The maximum Gasteiger partial charge on any atom is 0.243 e. The first-order valence-electron chi connectivity index (χ1n) is 8.20. The van der Waals surface area contributed by atoms with E-state index in [4.69, 9.17) is 4.74 Å². The van der Waals surface area contributed by atoms with Gasteiger partial charge in [0.05, 0.1) is 0 Å². The van der Waals surface area contributed by atoms with Crippen LogP contribution in [0.2, 0.25) is 0 Å². The van der Waals surface area contributed by atoms with Gasteiger partial charge in [0.2, 0.25) is 11.7 Å². The molecule has 0 aliphatic heterocycles. The van der Waals surface area contributed by atoms with Crippen LogP contribution in [-0.2, 0) is 13.2 Å². The Hall–Kier alpha value is -2.94. The first-order chi connectivity index (χ1) is 12.0. The number of nitrogens with zero attached hydrogens (tertiary/aromatic N) is 4. The van der Waals surface area contributed by atoms with E-state index in [1.807, 2.05) is 19.9 Å². The van der Waals surface area contributed by atoms with Crippen LogP contribution in [0.15, 0.2) is 24.3 Å². The SMILES string of the molecule is CCCn1c(C)c(C)c2nc(C#N)nc(OCc3ccc(F)cc3)c21. The number of nitriles is 1. The van der Waals surface area contributed by atoms with Gasteiger partial charge in [-0.1, -0.05) is 19.1 Å². The molecule has 2 aromatic heterocycles. The molecule has 2 heterocycles. The zero-order valence-electron chi connectivity index (χ0n) is 14.5. The van der Waals surface area contributed by atoms with E-state index in [9.17, 15) is 9.65 Å². The average Bonchev–Trinajstić information content (AvgIpc) is 2.86. The summed E-state index contributed by atoms with van der Waals surface area (Å²) in [5, 5.41) is 9.23. The van der Waals surface area contributed by atoms with Gasteiger partial charge < -0.3 is 9.30 Å². The lowest BCUT2D eigenvalue weighted by Crippen LogP contribution is -2.05. The lowest BCUT2D eigenvalue weighted by molar-refractivity contribution is 0.295. The summed E-state index contributed by atoms with van der Waals surface area (Å²) < 4.78 is 21.1. The number of aromatic nitrogens is 3. The first-order valence-corrected chi connectivity index (χ1v) is 8.20. The van der Waals surface area contributed by atoms with Gasteiger partial charge in [-0.25, -0.2) is 9.37 Å². The van der Waals surface area contributed by atoms with Crippen LogP contribution in [0.25, 0.3) is 11.0 Å². The fraction of sp³-hybridized carbons (Fsp3) is 0.316. The molecule has 0 fully saturated rings. The number of halogens is 1. The van der Waals surface area contributed by atoms with Crippen LogP contribution >= 0.6 is 0 Å². The summed E-state index contributed by atoms with van der Waals surface area (Å²) in [5.41, 5.74) is 4.49. The molecule has 0 aliphatic carbocycles. The second kappa shape index (κ2) is 6.89. The maximum atomic E-state index is 13.0. The fourth-order valence-corrected chi connectivity index (χ4v) is 2.87. The maximum absolute atomic E-state index is 13.0. The van der Waals surface area contributed by atoms with Crippen LogP contribution < -0.4 is 4.74 Å². The van der Waals surface area contributed by atoms with Crippen molar-refractivity contribution in [1.29, 1.82) is 5.26 Å². The van der Waals surface area contributed by atoms with Gasteiger partial charge in [-0.3, -0.25) is 0 Å². The molecular weight excluding hydrogens is 319 g/mol. The molecule has 3 aromatic rings. The number of fused-ring (bicyclic) bond motifs is 1. The topological polar surface area (TPSA) is 63.7 Å². The van der Waals surface area contributed by atoms with Gasteiger partial charge in [0.15, 0.2) is 0 Å². The molecule has 6 heteroatoms.